The van der Waals surface area contributed by atoms with Gasteiger partial charge in [0.15, 0.2) is 0 Å². The third-order valence-electron chi connectivity index (χ3n) is 2.47. The zero-order valence-corrected chi connectivity index (χ0v) is 10.0. The van der Waals surface area contributed by atoms with Crippen molar-refractivity contribution in [1.82, 2.24) is 4.84 Å². The Hall–Kier alpha value is -1.26. The van der Waals surface area contributed by atoms with Gasteiger partial charge in [0.05, 0.1) is 7.11 Å². The second-order valence-electron chi connectivity index (χ2n) is 3.82. The van der Waals surface area contributed by atoms with E-state index in [4.69, 9.17) is 22.2 Å². The standard InChI is InChI=1S/C11H15ClN2O2/c1-11(14-12,10(13)15)7-8-3-5-9(16-2)6-4-8/h3-6,14H,7H2,1-2H3,(H2,13,15)/t11-/m0/s1. The summed E-state index contributed by atoms with van der Waals surface area (Å²) in [4.78, 5) is 13.7. The van der Waals surface area contributed by atoms with Crippen molar-refractivity contribution in [2.45, 2.75) is 18.9 Å². The molecule has 0 fully saturated rings. The quantitative estimate of drug-likeness (QED) is 0.764. The summed E-state index contributed by atoms with van der Waals surface area (Å²) in [6.45, 7) is 1.66. The number of methoxy groups -OCH3 is 1. The number of hydrogen-bond acceptors (Lipinski definition) is 3. The predicted molar refractivity (Wildman–Crippen MR) is 63.3 cm³/mol. The Morgan fingerprint density at radius 2 is 2.06 bits per heavy atom. The molecular weight excluding hydrogens is 228 g/mol. The van der Waals surface area contributed by atoms with Crippen LogP contribution < -0.4 is 15.3 Å². The zero-order chi connectivity index (χ0) is 12.2. The molecule has 5 heteroatoms. The van der Waals surface area contributed by atoms with Gasteiger partial charge in [-0.2, -0.15) is 0 Å². The van der Waals surface area contributed by atoms with E-state index < -0.39 is 11.4 Å². The highest BCUT2D eigenvalue weighted by Crippen LogP contribution is 2.17. The van der Waals surface area contributed by atoms with Crippen LogP contribution in [-0.4, -0.2) is 18.6 Å². The Bertz CT molecular complexity index is 367. The molecule has 1 rings (SSSR count). The van der Waals surface area contributed by atoms with Crippen LogP contribution in [0.4, 0.5) is 0 Å². The van der Waals surface area contributed by atoms with Gasteiger partial charge < -0.3 is 10.5 Å². The molecule has 0 bridgehead atoms. The number of primary amides is 1. The fraction of sp³-hybridized carbons (Fsp3) is 0.364. The number of halogens is 1. The maximum Gasteiger partial charge on any atom is 0.238 e. The third-order valence-corrected chi connectivity index (χ3v) is 2.89. The molecule has 0 saturated carbocycles. The summed E-state index contributed by atoms with van der Waals surface area (Å²) in [5, 5.41) is 0. The van der Waals surface area contributed by atoms with E-state index in [0.717, 1.165) is 11.3 Å². The van der Waals surface area contributed by atoms with Gasteiger partial charge in [-0.1, -0.05) is 12.1 Å². The highest BCUT2D eigenvalue weighted by atomic mass is 35.5. The molecule has 0 radical (unpaired) electrons. The van der Waals surface area contributed by atoms with Gasteiger partial charge in [-0.3, -0.25) is 4.79 Å². The molecule has 4 nitrogen and oxygen atoms in total. The van der Waals surface area contributed by atoms with Gasteiger partial charge in [-0.25, -0.2) is 4.84 Å². The van der Waals surface area contributed by atoms with Gasteiger partial charge >= 0.3 is 0 Å². The summed E-state index contributed by atoms with van der Waals surface area (Å²) < 4.78 is 5.04. The lowest BCUT2D eigenvalue weighted by atomic mass is 9.93. The molecule has 0 saturated heterocycles. The van der Waals surface area contributed by atoms with Gasteiger partial charge in [0.25, 0.3) is 0 Å². The Morgan fingerprint density at radius 1 is 1.50 bits per heavy atom. The maximum absolute atomic E-state index is 11.2. The smallest absolute Gasteiger partial charge is 0.238 e. The SMILES string of the molecule is COc1ccc(C[C@](C)(NCl)C(N)=O)cc1. The van der Waals surface area contributed by atoms with Crippen LogP contribution in [0.1, 0.15) is 12.5 Å². The van der Waals surface area contributed by atoms with E-state index in [1.165, 1.54) is 0 Å². The van der Waals surface area contributed by atoms with Crippen molar-refractivity contribution in [2.24, 2.45) is 5.73 Å². The molecule has 1 aromatic carbocycles. The molecule has 0 aromatic heterocycles. The van der Waals surface area contributed by atoms with Gasteiger partial charge in [0.2, 0.25) is 5.91 Å². The molecule has 0 spiro atoms. The van der Waals surface area contributed by atoms with Gasteiger partial charge in [-0.05, 0) is 36.4 Å². The third kappa shape index (κ3) is 2.87. The van der Waals surface area contributed by atoms with Crippen LogP contribution in [0.5, 0.6) is 5.75 Å². The number of ether oxygens (including phenoxy) is 1. The summed E-state index contributed by atoms with van der Waals surface area (Å²) in [6.07, 6.45) is 0.426. The summed E-state index contributed by atoms with van der Waals surface area (Å²) in [5.74, 6) is 0.279. The number of carbonyl (C=O) groups excluding carboxylic acids is 1. The Balaban J connectivity index is 2.82. The Labute approximate surface area is 99.8 Å². The Morgan fingerprint density at radius 3 is 2.44 bits per heavy atom. The first-order chi connectivity index (χ1) is 7.51. The predicted octanol–water partition coefficient (Wildman–Crippen LogP) is 1.23. The summed E-state index contributed by atoms with van der Waals surface area (Å²) >= 11 is 5.54. The lowest BCUT2D eigenvalue weighted by molar-refractivity contribution is -0.123. The minimum Gasteiger partial charge on any atom is -0.497 e. The molecule has 0 heterocycles. The second-order valence-corrected chi connectivity index (χ2v) is 4.00. The largest absolute Gasteiger partial charge is 0.497 e. The van der Waals surface area contributed by atoms with Crippen LogP contribution in [0.15, 0.2) is 24.3 Å². The minimum atomic E-state index is -0.948. The van der Waals surface area contributed by atoms with Gasteiger partial charge in [-0.15, -0.1) is 0 Å². The first-order valence-corrected chi connectivity index (χ1v) is 5.20. The normalized spacial score (nSPS) is 14.2. The molecule has 0 aliphatic rings. The van der Waals surface area contributed by atoms with Crippen LogP contribution in [0.3, 0.4) is 0 Å². The molecule has 0 aliphatic heterocycles. The monoisotopic (exact) mass is 242 g/mol. The van der Waals surface area contributed by atoms with Crippen molar-refractivity contribution in [3.63, 3.8) is 0 Å². The fourth-order valence-electron chi connectivity index (χ4n) is 1.32. The summed E-state index contributed by atoms with van der Waals surface area (Å²) in [7, 11) is 1.60. The average molecular weight is 243 g/mol. The minimum absolute atomic E-state index is 0.426. The number of rotatable bonds is 5. The van der Waals surface area contributed by atoms with E-state index in [2.05, 4.69) is 4.84 Å². The number of nitrogens with one attached hydrogen (secondary N) is 1. The van der Waals surface area contributed by atoms with Crippen molar-refractivity contribution in [1.29, 1.82) is 0 Å². The van der Waals surface area contributed by atoms with Crippen LogP contribution in [0.25, 0.3) is 0 Å². The average Bonchev–Trinajstić information content (AvgIpc) is 2.29. The number of carbonyl (C=O) groups is 1. The maximum atomic E-state index is 11.2. The highest BCUT2D eigenvalue weighted by molar-refractivity contribution is 6.15. The number of benzene rings is 1. The first-order valence-electron chi connectivity index (χ1n) is 4.82. The Kier molecular flexibility index (Phi) is 4.15. The van der Waals surface area contributed by atoms with Crippen molar-refractivity contribution in [3.05, 3.63) is 29.8 Å². The van der Waals surface area contributed by atoms with E-state index in [1.54, 1.807) is 14.0 Å². The molecule has 1 aromatic rings. The van der Waals surface area contributed by atoms with E-state index in [9.17, 15) is 4.79 Å². The number of amides is 1. The first kappa shape index (κ1) is 12.8. The van der Waals surface area contributed by atoms with E-state index in [1.807, 2.05) is 24.3 Å². The van der Waals surface area contributed by atoms with Crippen LogP contribution in [-0.2, 0) is 11.2 Å². The molecule has 3 N–H and O–H groups in total. The highest BCUT2D eigenvalue weighted by Gasteiger charge is 2.30. The van der Waals surface area contributed by atoms with Crippen LogP contribution in [0.2, 0.25) is 0 Å². The zero-order valence-electron chi connectivity index (χ0n) is 9.29. The van der Waals surface area contributed by atoms with Gasteiger partial charge in [0, 0.05) is 6.42 Å². The number of hydrogen-bond donors (Lipinski definition) is 2. The van der Waals surface area contributed by atoms with E-state index in [0.29, 0.717) is 6.42 Å². The molecule has 1 atom stereocenters. The van der Waals surface area contributed by atoms with Crippen LogP contribution >= 0.6 is 11.8 Å². The lowest BCUT2D eigenvalue weighted by Gasteiger charge is -2.23. The topological polar surface area (TPSA) is 64.3 Å². The number of nitrogens with two attached hydrogens (primary N) is 1. The van der Waals surface area contributed by atoms with Crippen LogP contribution in [0, 0.1) is 0 Å². The van der Waals surface area contributed by atoms with E-state index in [-0.39, 0.29) is 0 Å². The van der Waals surface area contributed by atoms with Gasteiger partial charge in [0.1, 0.15) is 11.3 Å². The molecule has 0 unspecified atom stereocenters. The molecule has 1 amide bonds. The lowest BCUT2D eigenvalue weighted by Crippen LogP contribution is -2.51. The second kappa shape index (κ2) is 5.18. The summed E-state index contributed by atoms with van der Waals surface area (Å²) in [6, 6.07) is 7.39. The molecule has 16 heavy (non-hydrogen) atoms. The molecular formula is C11H15ClN2O2. The van der Waals surface area contributed by atoms with Crippen molar-refractivity contribution >= 4 is 17.7 Å². The fourth-order valence-corrected chi connectivity index (χ4v) is 1.48. The van der Waals surface area contributed by atoms with Crippen molar-refractivity contribution in [2.75, 3.05) is 7.11 Å². The summed E-state index contributed by atoms with van der Waals surface area (Å²) in [5.41, 5.74) is 5.28. The molecule has 88 valence electrons. The van der Waals surface area contributed by atoms with Crippen molar-refractivity contribution < 1.29 is 9.53 Å². The molecule has 0 aliphatic carbocycles. The van der Waals surface area contributed by atoms with E-state index >= 15 is 0 Å². The van der Waals surface area contributed by atoms with Crippen molar-refractivity contribution in [3.8, 4) is 5.75 Å².